The van der Waals surface area contributed by atoms with Crippen molar-refractivity contribution in [3.8, 4) is 5.75 Å². The first-order valence-corrected chi connectivity index (χ1v) is 5.29. The Morgan fingerprint density at radius 3 is 2.94 bits per heavy atom. The zero-order valence-corrected chi connectivity index (χ0v) is 9.44. The van der Waals surface area contributed by atoms with Gasteiger partial charge in [0.25, 0.3) is 0 Å². The Hall–Kier alpha value is -1.17. The van der Waals surface area contributed by atoms with E-state index in [9.17, 15) is 5.11 Å². The van der Waals surface area contributed by atoms with Crippen LogP contribution in [0.5, 0.6) is 5.75 Å². The Morgan fingerprint density at radius 2 is 2.19 bits per heavy atom. The monoisotopic (exact) mass is 226 g/mol. The molecule has 90 valence electrons. The van der Waals surface area contributed by atoms with Crippen molar-refractivity contribution in [3.63, 3.8) is 0 Å². The molecule has 0 aliphatic heterocycles. The maximum atomic E-state index is 9.51. The van der Waals surface area contributed by atoms with E-state index in [4.69, 9.17) is 9.84 Å². The van der Waals surface area contributed by atoms with Crippen LogP contribution in [0.3, 0.4) is 0 Å². The molecule has 0 radical (unpaired) electrons. The minimum absolute atomic E-state index is 0.0419. The molecule has 3 N–H and O–H groups in total. The molecule has 0 atom stereocenters. The van der Waals surface area contributed by atoms with Crippen molar-refractivity contribution in [1.82, 2.24) is 10.3 Å². The van der Waals surface area contributed by atoms with Gasteiger partial charge in [-0.25, -0.2) is 0 Å². The van der Waals surface area contributed by atoms with Crippen LogP contribution in [-0.4, -0.2) is 41.6 Å². The number of nitrogens with one attached hydrogen (secondary N) is 1. The van der Waals surface area contributed by atoms with Crippen LogP contribution in [-0.2, 0) is 11.3 Å². The van der Waals surface area contributed by atoms with Crippen LogP contribution < -0.4 is 5.32 Å². The number of rotatable bonds is 7. The fraction of sp³-hybridized carbons (Fsp3) is 0.545. The molecular weight excluding hydrogens is 208 g/mol. The van der Waals surface area contributed by atoms with Crippen molar-refractivity contribution in [2.75, 3.05) is 26.4 Å². The summed E-state index contributed by atoms with van der Waals surface area (Å²) in [6.45, 7) is 3.99. The second kappa shape index (κ2) is 7.16. The van der Waals surface area contributed by atoms with Gasteiger partial charge < -0.3 is 20.3 Å². The number of hydrogen-bond acceptors (Lipinski definition) is 5. The minimum Gasteiger partial charge on any atom is -0.506 e. The summed E-state index contributed by atoms with van der Waals surface area (Å²) in [5, 5.41) is 21.1. The molecule has 0 aliphatic rings. The Bertz CT molecular complexity index is 318. The molecule has 0 unspecified atom stereocenters. The Labute approximate surface area is 95.1 Å². The van der Waals surface area contributed by atoms with E-state index < -0.39 is 0 Å². The lowest BCUT2D eigenvalue weighted by molar-refractivity contribution is 0.0937. The number of aliphatic hydroxyl groups is 1. The third-order valence-electron chi connectivity index (χ3n) is 2.04. The number of aryl methyl sites for hydroxylation is 1. The van der Waals surface area contributed by atoms with Gasteiger partial charge in [0, 0.05) is 18.8 Å². The third kappa shape index (κ3) is 4.57. The quantitative estimate of drug-likeness (QED) is 0.579. The molecule has 0 aliphatic carbocycles. The highest BCUT2D eigenvalue weighted by Crippen LogP contribution is 2.13. The van der Waals surface area contributed by atoms with E-state index in [1.54, 1.807) is 12.1 Å². The van der Waals surface area contributed by atoms with E-state index in [1.807, 2.05) is 6.92 Å². The molecule has 1 heterocycles. The van der Waals surface area contributed by atoms with Crippen molar-refractivity contribution in [2.24, 2.45) is 0 Å². The summed E-state index contributed by atoms with van der Waals surface area (Å²) >= 11 is 0. The predicted octanol–water partition coefficient (Wildman–Crippen LogP) is 0.194. The van der Waals surface area contributed by atoms with Gasteiger partial charge in [0.15, 0.2) is 0 Å². The van der Waals surface area contributed by atoms with Crippen LogP contribution in [0.2, 0.25) is 0 Å². The minimum atomic E-state index is 0.0419. The van der Waals surface area contributed by atoms with Gasteiger partial charge in [0.1, 0.15) is 5.75 Å². The average molecular weight is 226 g/mol. The fourth-order valence-corrected chi connectivity index (χ4v) is 1.25. The van der Waals surface area contributed by atoms with Crippen LogP contribution >= 0.6 is 0 Å². The van der Waals surface area contributed by atoms with Crippen LogP contribution in [0.4, 0.5) is 0 Å². The second-order valence-electron chi connectivity index (χ2n) is 3.43. The molecule has 0 spiro atoms. The van der Waals surface area contributed by atoms with Gasteiger partial charge in [-0.2, -0.15) is 0 Å². The van der Waals surface area contributed by atoms with Crippen molar-refractivity contribution < 1.29 is 14.9 Å². The number of hydrogen-bond donors (Lipinski definition) is 3. The van der Waals surface area contributed by atoms with Gasteiger partial charge in [0.05, 0.1) is 25.5 Å². The highest BCUT2D eigenvalue weighted by molar-refractivity contribution is 5.27. The maximum Gasteiger partial charge on any atom is 0.138 e. The first-order chi connectivity index (χ1) is 7.74. The van der Waals surface area contributed by atoms with E-state index >= 15 is 0 Å². The number of nitrogens with zero attached hydrogens (tertiary/aromatic N) is 1. The standard InChI is InChI=1S/C11H18N2O3/c1-9-2-3-11(15)10(13-9)8-12-4-6-16-7-5-14/h2-3,12,14-15H,4-8H2,1H3. The lowest BCUT2D eigenvalue weighted by atomic mass is 10.3. The molecule has 0 fully saturated rings. The van der Waals surface area contributed by atoms with Crippen molar-refractivity contribution in [3.05, 3.63) is 23.5 Å². The van der Waals surface area contributed by atoms with E-state index in [1.165, 1.54) is 0 Å². The molecule has 5 nitrogen and oxygen atoms in total. The van der Waals surface area contributed by atoms with Gasteiger partial charge in [-0.05, 0) is 19.1 Å². The second-order valence-corrected chi connectivity index (χ2v) is 3.43. The molecule has 1 aromatic heterocycles. The first kappa shape index (κ1) is 12.9. The third-order valence-corrected chi connectivity index (χ3v) is 2.04. The maximum absolute atomic E-state index is 9.51. The predicted molar refractivity (Wildman–Crippen MR) is 60.3 cm³/mol. The Balaban J connectivity index is 2.23. The summed E-state index contributed by atoms with van der Waals surface area (Å²) < 4.78 is 5.08. The lowest BCUT2D eigenvalue weighted by Gasteiger charge is -2.07. The van der Waals surface area contributed by atoms with Crippen molar-refractivity contribution >= 4 is 0 Å². The van der Waals surface area contributed by atoms with Gasteiger partial charge in [0.2, 0.25) is 0 Å². The Kier molecular flexibility index (Phi) is 5.77. The topological polar surface area (TPSA) is 74.6 Å². The average Bonchev–Trinajstić information content (AvgIpc) is 2.28. The molecule has 5 heteroatoms. The number of pyridine rings is 1. The fourth-order valence-electron chi connectivity index (χ4n) is 1.25. The lowest BCUT2D eigenvalue weighted by Crippen LogP contribution is -2.20. The highest BCUT2D eigenvalue weighted by Gasteiger charge is 2.01. The molecule has 0 aromatic carbocycles. The highest BCUT2D eigenvalue weighted by atomic mass is 16.5. The zero-order valence-electron chi connectivity index (χ0n) is 9.44. The summed E-state index contributed by atoms with van der Waals surface area (Å²) in [7, 11) is 0. The van der Waals surface area contributed by atoms with Crippen LogP contribution in [0.15, 0.2) is 12.1 Å². The van der Waals surface area contributed by atoms with Gasteiger partial charge in [-0.15, -0.1) is 0 Å². The van der Waals surface area contributed by atoms with E-state index in [0.717, 1.165) is 5.69 Å². The zero-order chi connectivity index (χ0) is 11.8. The van der Waals surface area contributed by atoms with E-state index in [0.29, 0.717) is 32.0 Å². The number of ether oxygens (including phenoxy) is 1. The summed E-state index contributed by atoms with van der Waals surface area (Å²) in [5.74, 6) is 0.203. The molecule has 16 heavy (non-hydrogen) atoms. The van der Waals surface area contributed by atoms with Crippen LogP contribution in [0.25, 0.3) is 0 Å². The van der Waals surface area contributed by atoms with Gasteiger partial charge in [-0.1, -0.05) is 0 Å². The van der Waals surface area contributed by atoms with Crippen LogP contribution in [0.1, 0.15) is 11.4 Å². The number of aliphatic hydroxyl groups excluding tert-OH is 1. The number of aromatic nitrogens is 1. The largest absolute Gasteiger partial charge is 0.506 e. The number of aromatic hydroxyl groups is 1. The Morgan fingerprint density at radius 1 is 1.38 bits per heavy atom. The molecule has 0 saturated heterocycles. The SMILES string of the molecule is Cc1ccc(O)c(CNCCOCCO)n1. The summed E-state index contributed by atoms with van der Waals surface area (Å²) in [4.78, 5) is 4.21. The molecule has 0 amide bonds. The van der Waals surface area contributed by atoms with Crippen molar-refractivity contribution in [2.45, 2.75) is 13.5 Å². The van der Waals surface area contributed by atoms with Crippen molar-refractivity contribution in [1.29, 1.82) is 0 Å². The smallest absolute Gasteiger partial charge is 0.138 e. The molecular formula is C11H18N2O3. The molecule has 0 bridgehead atoms. The molecule has 0 saturated carbocycles. The summed E-state index contributed by atoms with van der Waals surface area (Å²) in [6, 6.07) is 3.41. The van der Waals surface area contributed by atoms with Gasteiger partial charge >= 0.3 is 0 Å². The van der Waals surface area contributed by atoms with Crippen LogP contribution in [0, 0.1) is 6.92 Å². The molecule has 1 aromatic rings. The molecule has 1 rings (SSSR count). The van der Waals surface area contributed by atoms with E-state index in [2.05, 4.69) is 10.3 Å². The normalized spacial score (nSPS) is 10.6. The van der Waals surface area contributed by atoms with Gasteiger partial charge in [-0.3, -0.25) is 4.98 Å². The summed E-state index contributed by atoms with van der Waals surface area (Å²) in [6.07, 6.45) is 0. The van der Waals surface area contributed by atoms with E-state index in [-0.39, 0.29) is 12.4 Å². The first-order valence-electron chi connectivity index (χ1n) is 5.29. The summed E-state index contributed by atoms with van der Waals surface area (Å²) in [5.41, 5.74) is 1.52.